The number of rotatable bonds is 6. The van der Waals surface area contributed by atoms with Gasteiger partial charge >= 0.3 is 0 Å². The van der Waals surface area contributed by atoms with Gasteiger partial charge in [0.1, 0.15) is 0 Å². The molecule has 0 radical (unpaired) electrons. The third kappa shape index (κ3) is 3.42. The van der Waals surface area contributed by atoms with Crippen molar-refractivity contribution in [3.63, 3.8) is 0 Å². The maximum absolute atomic E-state index is 4.11. The van der Waals surface area contributed by atoms with Crippen LogP contribution < -0.4 is 5.32 Å². The SMILES string of the molecule is CCCNCc1nnnn1CC1(C)CCCS1. The molecule has 1 fully saturated rings. The number of aromatic nitrogens is 4. The lowest BCUT2D eigenvalue weighted by molar-refractivity contribution is 0.448. The van der Waals surface area contributed by atoms with E-state index >= 15 is 0 Å². The third-order valence-corrected chi connectivity index (χ3v) is 4.62. The van der Waals surface area contributed by atoms with Gasteiger partial charge in [0.15, 0.2) is 5.82 Å². The second-order valence-corrected chi connectivity index (χ2v) is 6.51. The second kappa shape index (κ2) is 5.82. The average Bonchev–Trinajstić information content (AvgIpc) is 2.90. The van der Waals surface area contributed by atoms with Crippen LogP contribution in [0.15, 0.2) is 0 Å². The molecule has 0 amide bonds. The summed E-state index contributed by atoms with van der Waals surface area (Å²) >= 11 is 2.04. The van der Waals surface area contributed by atoms with Crippen molar-refractivity contribution in [2.45, 2.75) is 50.9 Å². The molecule has 1 unspecified atom stereocenters. The zero-order valence-electron chi connectivity index (χ0n) is 10.6. The maximum Gasteiger partial charge on any atom is 0.165 e. The minimum Gasteiger partial charge on any atom is -0.310 e. The van der Waals surface area contributed by atoms with Crippen molar-refractivity contribution in [2.24, 2.45) is 0 Å². The van der Waals surface area contributed by atoms with Gasteiger partial charge in [-0.05, 0) is 48.9 Å². The summed E-state index contributed by atoms with van der Waals surface area (Å²) in [7, 11) is 0. The number of hydrogen-bond acceptors (Lipinski definition) is 5. The first-order valence-corrected chi connectivity index (χ1v) is 7.32. The highest BCUT2D eigenvalue weighted by Crippen LogP contribution is 2.38. The Morgan fingerprint density at radius 1 is 1.53 bits per heavy atom. The molecule has 96 valence electrons. The van der Waals surface area contributed by atoms with Crippen molar-refractivity contribution in [1.82, 2.24) is 25.5 Å². The molecule has 5 nitrogen and oxygen atoms in total. The molecule has 0 bridgehead atoms. The Labute approximate surface area is 107 Å². The van der Waals surface area contributed by atoms with Crippen LogP contribution in [0.3, 0.4) is 0 Å². The van der Waals surface area contributed by atoms with Crippen LogP contribution in [-0.2, 0) is 13.1 Å². The number of nitrogens with zero attached hydrogens (tertiary/aromatic N) is 4. The van der Waals surface area contributed by atoms with E-state index in [0.29, 0.717) is 4.75 Å². The van der Waals surface area contributed by atoms with Gasteiger partial charge in [0.2, 0.25) is 0 Å². The molecule has 6 heteroatoms. The normalized spacial score (nSPS) is 24.4. The van der Waals surface area contributed by atoms with Gasteiger partial charge in [-0.3, -0.25) is 0 Å². The summed E-state index contributed by atoms with van der Waals surface area (Å²) in [5, 5.41) is 15.3. The highest BCUT2D eigenvalue weighted by Gasteiger charge is 2.31. The molecule has 2 rings (SSSR count). The van der Waals surface area contributed by atoms with Crippen LogP contribution in [-0.4, -0.2) is 37.3 Å². The van der Waals surface area contributed by atoms with Crippen molar-refractivity contribution in [2.75, 3.05) is 12.3 Å². The zero-order chi connectivity index (χ0) is 12.1. The van der Waals surface area contributed by atoms with Gasteiger partial charge in [0, 0.05) is 4.75 Å². The second-order valence-electron chi connectivity index (χ2n) is 4.83. The van der Waals surface area contributed by atoms with Crippen LogP contribution in [0.2, 0.25) is 0 Å². The van der Waals surface area contributed by atoms with Crippen molar-refractivity contribution >= 4 is 11.8 Å². The first-order valence-electron chi connectivity index (χ1n) is 6.33. The average molecular weight is 255 g/mol. The Hall–Kier alpha value is -0.620. The summed E-state index contributed by atoms with van der Waals surface area (Å²) < 4.78 is 2.27. The quantitative estimate of drug-likeness (QED) is 0.780. The summed E-state index contributed by atoms with van der Waals surface area (Å²) in [6.07, 6.45) is 3.71. The molecule has 1 atom stereocenters. The van der Waals surface area contributed by atoms with Crippen LogP contribution in [0.25, 0.3) is 0 Å². The molecular formula is C11H21N5S. The van der Waals surface area contributed by atoms with Crippen molar-refractivity contribution in [1.29, 1.82) is 0 Å². The fourth-order valence-electron chi connectivity index (χ4n) is 2.13. The van der Waals surface area contributed by atoms with E-state index in [-0.39, 0.29) is 0 Å². The molecule has 2 heterocycles. The summed E-state index contributed by atoms with van der Waals surface area (Å²) in [6, 6.07) is 0. The van der Waals surface area contributed by atoms with Gasteiger partial charge in [0.25, 0.3) is 0 Å². The number of nitrogens with one attached hydrogen (secondary N) is 1. The smallest absolute Gasteiger partial charge is 0.165 e. The van der Waals surface area contributed by atoms with Crippen LogP contribution in [0.1, 0.15) is 38.9 Å². The van der Waals surface area contributed by atoms with Gasteiger partial charge in [-0.2, -0.15) is 11.8 Å². The topological polar surface area (TPSA) is 55.6 Å². The molecule has 0 spiro atoms. The van der Waals surface area contributed by atoms with E-state index in [1.165, 1.54) is 18.6 Å². The highest BCUT2D eigenvalue weighted by atomic mass is 32.2. The van der Waals surface area contributed by atoms with Gasteiger partial charge < -0.3 is 5.32 Å². The van der Waals surface area contributed by atoms with Crippen LogP contribution in [0.5, 0.6) is 0 Å². The Balaban J connectivity index is 1.93. The molecule has 17 heavy (non-hydrogen) atoms. The van der Waals surface area contributed by atoms with Crippen molar-refractivity contribution in [3.8, 4) is 0 Å². The predicted octanol–water partition coefficient (Wildman–Crippen LogP) is 1.46. The molecule has 1 saturated heterocycles. The van der Waals surface area contributed by atoms with E-state index in [0.717, 1.165) is 31.9 Å². The Morgan fingerprint density at radius 3 is 3.12 bits per heavy atom. The lowest BCUT2D eigenvalue weighted by atomic mass is 10.1. The first kappa shape index (κ1) is 12.8. The molecule has 0 aliphatic carbocycles. The van der Waals surface area contributed by atoms with Crippen LogP contribution >= 0.6 is 11.8 Å². The molecule has 0 saturated carbocycles. The molecule has 0 aromatic carbocycles. The summed E-state index contributed by atoms with van der Waals surface area (Å²) in [5.74, 6) is 2.22. The molecule has 1 aromatic heterocycles. The van der Waals surface area contributed by atoms with Crippen LogP contribution in [0.4, 0.5) is 0 Å². The van der Waals surface area contributed by atoms with E-state index in [9.17, 15) is 0 Å². The van der Waals surface area contributed by atoms with E-state index < -0.39 is 0 Å². The summed E-state index contributed by atoms with van der Waals surface area (Å²) in [5.41, 5.74) is 0. The maximum atomic E-state index is 4.11. The Bertz CT molecular complexity index is 345. The standard InChI is InChI=1S/C11H21N5S/c1-3-6-12-8-10-13-14-15-16(10)9-11(2)5-4-7-17-11/h12H,3-9H2,1-2H3. The lowest BCUT2D eigenvalue weighted by Crippen LogP contribution is -2.27. The Morgan fingerprint density at radius 2 is 2.41 bits per heavy atom. The monoisotopic (exact) mass is 255 g/mol. The van der Waals surface area contributed by atoms with E-state index in [4.69, 9.17) is 0 Å². The lowest BCUT2D eigenvalue weighted by Gasteiger charge is -2.22. The summed E-state index contributed by atoms with van der Waals surface area (Å²) in [4.78, 5) is 0. The largest absolute Gasteiger partial charge is 0.310 e. The number of tetrazole rings is 1. The van der Waals surface area contributed by atoms with E-state index in [1.54, 1.807) is 0 Å². The highest BCUT2D eigenvalue weighted by molar-refractivity contribution is 8.00. The molecule has 1 aliphatic heterocycles. The first-order chi connectivity index (χ1) is 8.23. The van der Waals surface area contributed by atoms with Crippen LogP contribution in [0, 0.1) is 0 Å². The molecule has 1 N–H and O–H groups in total. The fourth-order valence-corrected chi connectivity index (χ4v) is 3.41. The number of thioether (sulfide) groups is 1. The van der Waals surface area contributed by atoms with Gasteiger partial charge in [-0.1, -0.05) is 6.92 Å². The summed E-state index contributed by atoms with van der Waals surface area (Å²) in [6.45, 7) is 7.18. The van der Waals surface area contributed by atoms with Gasteiger partial charge in [-0.25, -0.2) is 4.68 Å². The molecular weight excluding hydrogens is 234 g/mol. The van der Waals surface area contributed by atoms with E-state index in [2.05, 4.69) is 34.7 Å². The fraction of sp³-hybridized carbons (Fsp3) is 0.909. The minimum absolute atomic E-state index is 0.314. The van der Waals surface area contributed by atoms with Crippen molar-refractivity contribution < 1.29 is 0 Å². The van der Waals surface area contributed by atoms with Gasteiger partial charge in [-0.15, -0.1) is 5.10 Å². The molecule has 1 aliphatic rings. The third-order valence-electron chi connectivity index (χ3n) is 3.10. The zero-order valence-corrected chi connectivity index (χ0v) is 11.5. The number of hydrogen-bond donors (Lipinski definition) is 1. The van der Waals surface area contributed by atoms with Crippen molar-refractivity contribution in [3.05, 3.63) is 5.82 Å². The van der Waals surface area contributed by atoms with E-state index in [1.807, 2.05) is 16.4 Å². The van der Waals surface area contributed by atoms with Gasteiger partial charge in [0.05, 0.1) is 13.1 Å². The predicted molar refractivity (Wildman–Crippen MR) is 69.9 cm³/mol. The molecule has 1 aromatic rings. The minimum atomic E-state index is 0.314. The Kier molecular flexibility index (Phi) is 4.39.